The molecule has 0 heterocycles. The van der Waals surface area contributed by atoms with Crippen molar-refractivity contribution in [2.45, 2.75) is 41.5 Å². The molecule has 0 unspecified atom stereocenters. The third-order valence-corrected chi connectivity index (χ3v) is 1.57. The van der Waals surface area contributed by atoms with Crippen molar-refractivity contribution in [2.24, 2.45) is 0 Å². The first-order chi connectivity index (χ1) is 9.53. The van der Waals surface area contributed by atoms with E-state index >= 15 is 0 Å². The third-order valence-electron chi connectivity index (χ3n) is 1.57. The molecular formula is C14H31NO5Rf2-2. The Morgan fingerprint density at radius 1 is 0.909 bits per heavy atom. The molecule has 6 nitrogen and oxygen atoms in total. The molecule has 0 radical (unpaired) electrons. The summed E-state index contributed by atoms with van der Waals surface area (Å²) in [5.41, 5.74) is 0. The Bertz CT molecular complexity index is 204. The predicted octanol–water partition coefficient (Wildman–Crippen LogP) is 2.59. The first-order valence-electron chi connectivity index (χ1n) is 6.76. The number of likely N-dealkylation sites (N-methyl/N-ethyl adjacent to an activating group) is 1. The summed E-state index contributed by atoms with van der Waals surface area (Å²) in [4.78, 5) is 22.1. The van der Waals surface area contributed by atoms with E-state index in [1.165, 1.54) is 0 Å². The Kier molecular flexibility index (Phi) is 59.7. The molecule has 0 spiro atoms. The molecule has 0 aromatic heterocycles. The Morgan fingerprint density at radius 2 is 1.23 bits per heavy atom. The number of nitrogens with zero attached hydrogens (tertiary/aromatic N) is 1. The van der Waals surface area contributed by atoms with Gasteiger partial charge in [-0.3, -0.25) is 4.79 Å². The Labute approximate surface area is 124 Å². The van der Waals surface area contributed by atoms with Crippen LogP contribution in [0.4, 0.5) is 0 Å². The van der Waals surface area contributed by atoms with Crippen LogP contribution in [0.2, 0.25) is 0 Å². The van der Waals surface area contributed by atoms with Gasteiger partial charge >= 0.3 is 5.97 Å². The van der Waals surface area contributed by atoms with Gasteiger partial charge in [-0.2, -0.15) is 0 Å². The summed E-state index contributed by atoms with van der Waals surface area (Å²) in [7, 11) is 5.97. The average Bonchev–Trinajstić information content (AvgIpc) is 2.45. The number of ether oxygens (including phenoxy) is 2. The maximum atomic E-state index is 11.0. The fourth-order valence-corrected chi connectivity index (χ4v) is 0.842. The van der Waals surface area contributed by atoms with E-state index < -0.39 is 5.97 Å². The van der Waals surface area contributed by atoms with Crippen molar-refractivity contribution in [2.75, 3.05) is 26.3 Å². The summed E-state index contributed by atoms with van der Waals surface area (Å²) in [6.07, 6.45) is 0. The van der Waals surface area contributed by atoms with Gasteiger partial charge in [0.15, 0.2) is 0 Å². The van der Waals surface area contributed by atoms with Crippen molar-refractivity contribution >= 4 is 11.9 Å². The second-order valence-electron chi connectivity index (χ2n) is 2.66. The van der Waals surface area contributed by atoms with Crippen molar-refractivity contribution in [3.63, 3.8) is 0 Å². The summed E-state index contributed by atoms with van der Waals surface area (Å²) in [6, 6.07) is 0. The normalized spacial score (nSPS) is 7.09. The first kappa shape index (κ1) is 36.4. The molecule has 0 fully saturated rings. The molecule has 0 bridgehead atoms. The fraction of sp³-hybridized carbons (Fsp3) is 0.714. The van der Waals surface area contributed by atoms with Gasteiger partial charge in [0, 0.05) is 13.1 Å². The van der Waals surface area contributed by atoms with Crippen LogP contribution in [0, 0.1) is 14.2 Å². The van der Waals surface area contributed by atoms with Crippen LogP contribution < -0.4 is 0 Å². The molecule has 0 saturated carbocycles. The molecule has 1 N–H and O–H groups in total. The second-order valence-corrected chi connectivity index (χ2v) is 2.66. The van der Waals surface area contributed by atoms with Gasteiger partial charge in [0.1, 0.15) is 6.61 Å². The van der Waals surface area contributed by atoms with E-state index in [0.29, 0.717) is 0 Å². The Hall–Kier alpha value is -3.14. The Balaban J connectivity index is -0.0000000465. The molecule has 0 aliphatic heterocycles. The van der Waals surface area contributed by atoms with Crippen molar-refractivity contribution in [1.82, 2.24) is 4.90 Å². The molecule has 1 amide bonds. The minimum absolute atomic E-state index is 0. The number of rotatable bonds is 6. The van der Waals surface area contributed by atoms with Crippen LogP contribution in [0.5, 0.6) is 0 Å². The smallest absolute Gasteiger partial charge is 0.326 e. The molecule has 0 saturated heterocycles. The van der Waals surface area contributed by atoms with Gasteiger partial charge in [0.05, 0.1) is 6.61 Å². The van der Waals surface area contributed by atoms with E-state index in [1.807, 2.05) is 41.5 Å². The van der Waals surface area contributed by atoms with Crippen LogP contribution in [0.1, 0.15) is 41.5 Å². The van der Waals surface area contributed by atoms with Crippen LogP contribution in [0.15, 0.2) is 0 Å². The number of carboxylic acid groups (broad SMARTS) is 1. The van der Waals surface area contributed by atoms with Gasteiger partial charge in [-0.25, -0.2) is 19.0 Å². The van der Waals surface area contributed by atoms with E-state index in [2.05, 4.69) is 23.7 Å². The minimum atomic E-state index is -0.995. The summed E-state index contributed by atoms with van der Waals surface area (Å²) in [5.74, 6) is -0.995. The fourth-order valence-electron chi connectivity index (χ4n) is 0.842. The minimum Gasteiger partial charge on any atom is -0.548 e. The number of hydrogen-bond donors (Lipinski definition) is 1. The summed E-state index contributed by atoms with van der Waals surface area (Å²) >= 11 is 0. The molecule has 0 aliphatic carbocycles. The van der Waals surface area contributed by atoms with Gasteiger partial charge in [-0.1, -0.05) is 27.7 Å². The maximum Gasteiger partial charge on any atom is 0.326 e. The van der Waals surface area contributed by atoms with Crippen molar-refractivity contribution in [3.8, 4) is 0 Å². The maximum absolute atomic E-state index is 11.0. The van der Waals surface area contributed by atoms with Crippen molar-refractivity contribution < 1.29 is 24.2 Å². The zero-order valence-electron chi connectivity index (χ0n) is 15.2. The summed E-state index contributed by atoms with van der Waals surface area (Å²) in [5, 5.41) is 7.75. The molecule has 0 rings (SSSR count). The van der Waals surface area contributed by atoms with E-state index in [1.54, 1.807) is 4.90 Å². The number of carbonyl (C=O) groups excluding carboxylic acids is 1. The van der Waals surface area contributed by atoms with Crippen molar-refractivity contribution in [1.29, 1.82) is 0 Å². The van der Waals surface area contributed by atoms with Gasteiger partial charge < -0.3 is 19.5 Å². The van der Waals surface area contributed by atoms with Gasteiger partial charge in [-0.15, -0.1) is 0 Å². The number of amides is 1. The third kappa shape index (κ3) is 36.0. The van der Waals surface area contributed by atoms with E-state index in [0.717, 1.165) is 13.1 Å². The standard InChI is InChI=1S/C7H14NO2.C3H5O3.2C2H6.2Rf/c1-4-8(5-2)7(9)6-10-3;1-6-2-3(4)5;2*1-2;;/h3-6H2,1-2H3;1-2H2,(H,4,5);2*1-2H3;;/q2*-1;;;;. The number of carboxylic acids is 1. The van der Waals surface area contributed by atoms with Crippen LogP contribution in [-0.4, -0.2) is 48.2 Å². The number of hydrogen-bond acceptors (Lipinski definition) is 4. The van der Waals surface area contributed by atoms with Crippen LogP contribution >= 0.6 is 0 Å². The predicted molar refractivity (Wildman–Crippen MR) is 80.9 cm³/mol. The number of carbonyl (C=O) groups is 2. The molecular weight excluding hydrogens is 796 g/mol. The quantitative estimate of drug-likeness (QED) is 0.418. The molecule has 0 aliphatic rings. The van der Waals surface area contributed by atoms with E-state index in [4.69, 9.17) is 5.11 Å². The van der Waals surface area contributed by atoms with Crippen molar-refractivity contribution in [3.05, 3.63) is 14.2 Å². The van der Waals surface area contributed by atoms with Gasteiger partial charge in [-0.05, 0) is 13.8 Å². The molecule has 128 valence electrons. The number of aliphatic carboxylic acids is 1. The van der Waals surface area contributed by atoms with E-state index in [-0.39, 0.29) is 19.1 Å². The molecule has 22 heavy (non-hydrogen) atoms. The first-order valence-corrected chi connectivity index (χ1v) is 6.76. The molecule has 8 heteroatoms. The largest absolute Gasteiger partial charge is 0.548 e. The van der Waals surface area contributed by atoms with Crippen LogP contribution in [0.25, 0.3) is 0 Å². The summed E-state index contributed by atoms with van der Waals surface area (Å²) in [6.45, 7) is 13.1. The SMILES string of the molecule is CC.CC.[CH2-]OCC(=O)N(CC)CC.[CH2-]OCC(=O)O.[Rf].[Rf]. The Morgan fingerprint density at radius 3 is 1.36 bits per heavy atom. The zero-order chi connectivity index (χ0) is 17.0. The average molecular weight is 827 g/mol. The summed E-state index contributed by atoms with van der Waals surface area (Å²) < 4.78 is 8.40. The van der Waals surface area contributed by atoms with Gasteiger partial charge in [0.2, 0.25) is 5.91 Å². The van der Waals surface area contributed by atoms with E-state index in [9.17, 15) is 9.59 Å². The molecule has 0 aromatic rings. The second kappa shape index (κ2) is 36.1. The zero-order valence-corrected chi connectivity index (χ0v) is 28.0. The topological polar surface area (TPSA) is 76.1 Å². The molecule has 0 aromatic carbocycles. The molecule has 0 atom stereocenters. The monoisotopic (exact) mass is 827 g/mol. The van der Waals surface area contributed by atoms with Crippen LogP contribution in [-0.2, 0) is 19.1 Å². The van der Waals surface area contributed by atoms with Crippen LogP contribution in [0.3, 0.4) is 0 Å². The van der Waals surface area contributed by atoms with Gasteiger partial charge in [0.25, 0.3) is 0 Å².